The average molecular weight is 340 g/mol. The minimum atomic E-state index is -0.118. The lowest BCUT2D eigenvalue weighted by atomic mass is 10.0. The number of hydrogen-bond acceptors (Lipinski definition) is 5. The molecule has 2 atom stereocenters. The number of ether oxygens (including phenoxy) is 1. The summed E-state index contributed by atoms with van der Waals surface area (Å²) in [7, 11) is 1.74. The summed E-state index contributed by atoms with van der Waals surface area (Å²) in [6.07, 6.45) is -0.118. The lowest BCUT2D eigenvalue weighted by Gasteiger charge is -2.38. The minimum Gasteiger partial charge on any atom is -0.370 e. The second-order valence-electron chi connectivity index (χ2n) is 6.45. The number of nitrogens with one attached hydrogen (secondary N) is 1. The summed E-state index contributed by atoms with van der Waals surface area (Å²) >= 11 is 0. The van der Waals surface area contributed by atoms with Crippen molar-refractivity contribution in [2.75, 3.05) is 25.5 Å². The van der Waals surface area contributed by atoms with Gasteiger partial charge in [-0.15, -0.1) is 0 Å². The lowest BCUT2D eigenvalue weighted by Crippen LogP contribution is -2.48. The van der Waals surface area contributed by atoms with Crippen LogP contribution in [0.15, 0.2) is 30.3 Å². The van der Waals surface area contributed by atoms with Crippen molar-refractivity contribution in [2.45, 2.75) is 32.9 Å². The highest BCUT2D eigenvalue weighted by atomic mass is 16.5. The van der Waals surface area contributed by atoms with Crippen LogP contribution in [0.25, 0.3) is 0 Å². The van der Waals surface area contributed by atoms with E-state index in [1.807, 2.05) is 30.9 Å². The maximum absolute atomic E-state index is 13.0. The van der Waals surface area contributed by atoms with Crippen molar-refractivity contribution in [3.8, 4) is 0 Å². The first-order valence-electron chi connectivity index (χ1n) is 8.51. The Kier molecular flexibility index (Phi) is 4.99. The van der Waals surface area contributed by atoms with Gasteiger partial charge >= 0.3 is 0 Å². The number of hydrogen-bond donors (Lipinski definition) is 1. The van der Waals surface area contributed by atoms with E-state index in [2.05, 4.69) is 34.3 Å². The van der Waals surface area contributed by atoms with Crippen molar-refractivity contribution in [1.82, 2.24) is 14.9 Å². The summed E-state index contributed by atoms with van der Waals surface area (Å²) in [4.78, 5) is 23.5. The van der Waals surface area contributed by atoms with Crippen LogP contribution in [-0.2, 0) is 4.74 Å². The monoisotopic (exact) mass is 340 g/mol. The number of carbonyl (C=O) groups excluding carboxylic acids is 1. The molecule has 1 aliphatic heterocycles. The molecule has 3 rings (SSSR count). The number of nitrogens with zero attached hydrogens (tertiary/aromatic N) is 3. The van der Waals surface area contributed by atoms with Crippen LogP contribution in [0, 0.1) is 13.8 Å². The molecule has 1 aromatic heterocycles. The van der Waals surface area contributed by atoms with E-state index in [-0.39, 0.29) is 18.1 Å². The molecule has 1 amide bonds. The Hall–Kier alpha value is -2.47. The van der Waals surface area contributed by atoms with Gasteiger partial charge in [-0.2, -0.15) is 0 Å². The molecular formula is C19H24N4O2. The number of carbonyl (C=O) groups is 1. The third kappa shape index (κ3) is 3.64. The van der Waals surface area contributed by atoms with Gasteiger partial charge in [0.15, 0.2) is 0 Å². The fourth-order valence-corrected chi connectivity index (χ4v) is 3.11. The van der Waals surface area contributed by atoms with Gasteiger partial charge in [0.05, 0.1) is 19.2 Å². The van der Waals surface area contributed by atoms with Gasteiger partial charge in [0, 0.05) is 12.7 Å². The zero-order valence-electron chi connectivity index (χ0n) is 15.1. The Morgan fingerprint density at radius 1 is 1.28 bits per heavy atom. The van der Waals surface area contributed by atoms with E-state index in [0.29, 0.717) is 24.8 Å². The molecule has 0 bridgehead atoms. The molecular weight excluding hydrogens is 316 g/mol. The predicted molar refractivity (Wildman–Crippen MR) is 96.7 cm³/mol. The predicted octanol–water partition coefficient (Wildman–Crippen LogP) is 2.74. The zero-order chi connectivity index (χ0) is 18.0. The quantitative estimate of drug-likeness (QED) is 0.930. The summed E-state index contributed by atoms with van der Waals surface area (Å²) in [6, 6.07) is 9.87. The minimum absolute atomic E-state index is 0.000996. The number of amides is 1. The third-order valence-corrected chi connectivity index (χ3v) is 4.53. The molecule has 6 heteroatoms. The second kappa shape index (κ2) is 7.19. The van der Waals surface area contributed by atoms with E-state index in [4.69, 9.17) is 4.74 Å². The van der Waals surface area contributed by atoms with E-state index in [1.54, 1.807) is 13.1 Å². The van der Waals surface area contributed by atoms with Gasteiger partial charge in [-0.1, -0.05) is 24.3 Å². The molecule has 1 saturated heterocycles. The number of rotatable bonds is 3. The highest BCUT2D eigenvalue weighted by Gasteiger charge is 2.32. The molecule has 1 aromatic carbocycles. The number of benzene rings is 1. The largest absolute Gasteiger partial charge is 0.370 e. The first-order valence-corrected chi connectivity index (χ1v) is 8.51. The van der Waals surface area contributed by atoms with Crippen LogP contribution in [0.3, 0.4) is 0 Å². The maximum atomic E-state index is 13.0. The van der Waals surface area contributed by atoms with Gasteiger partial charge in [-0.05, 0) is 38.0 Å². The Morgan fingerprint density at radius 2 is 2.04 bits per heavy atom. The standard InChI is InChI=1S/C19H24N4O2/c1-12-7-5-6-8-15(12)17-10-23(14(3)11-25-17)18(24)16-9-13(2)21-19(20-4)22-16/h5-9,14,17H,10-11H2,1-4H3,(H,20,21,22)/t14-,17-/m0/s1. The van der Waals surface area contributed by atoms with Gasteiger partial charge in [0.25, 0.3) is 5.91 Å². The molecule has 6 nitrogen and oxygen atoms in total. The lowest BCUT2D eigenvalue weighted by molar-refractivity contribution is -0.0490. The summed E-state index contributed by atoms with van der Waals surface area (Å²) in [5.41, 5.74) is 3.47. The van der Waals surface area contributed by atoms with Crippen LogP contribution in [0.1, 0.15) is 40.3 Å². The molecule has 1 fully saturated rings. The van der Waals surface area contributed by atoms with Crippen LogP contribution in [-0.4, -0.2) is 47.0 Å². The molecule has 132 valence electrons. The molecule has 2 aromatic rings. The summed E-state index contributed by atoms with van der Waals surface area (Å²) in [6.45, 7) is 6.95. The topological polar surface area (TPSA) is 67.4 Å². The number of morpholine rings is 1. The number of aryl methyl sites for hydroxylation is 2. The summed E-state index contributed by atoms with van der Waals surface area (Å²) in [5, 5.41) is 2.90. The molecule has 25 heavy (non-hydrogen) atoms. The van der Waals surface area contributed by atoms with E-state index < -0.39 is 0 Å². The Labute approximate surface area is 148 Å². The van der Waals surface area contributed by atoms with E-state index >= 15 is 0 Å². The zero-order valence-corrected chi connectivity index (χ0v) is 15.1. The number of aromatic nitrogens is 2. The molecule has 0 saturated carbocycles. The van der Waals surface area contributed by atoms with Gasteiger partial charge < -0.3 is 15.0 Å². The van der Waals surface area contributed by atoms with Crippen molar-refractivity contribution in [3.05, 3.63) is 52.8 Å². The normalized spacial score (nSPS) is 20.4. The SMILES string of the molecule is CNc1nc(C)cc(C(=O)N2C[C@@H](c3ccccc3C)OC[C@@H]2C)n1. The second-order valence-corrected chi connectivity index (χ2v) is 6.45. The maximum Gasteiger partial charge on any atom is 0.273 e. The molecule has 0 radical (unpaired) electrons. The van der Waals surface area contributed by atoms with Gasteiger partial charge in [0.2, 0.25) is 5.95 Å². The highest BCUT2D eigenvalue weighted by molar-refractivity contribution is 5.93. The molecule has 1 N–H and O–H groups in total. The fourth-order valence-electron chi connectivity index (χ4n) is 3.11. The summed E-state index contributed by atoms with van der Waals surface area (Å²) in [5.74, 6) is 0.371. The first kappa shape index (κ1) is 17.4. The van der Waals surface area contributed by atoms with E-state index in [1.165, 1.54) is 5.56 Å². The molecule has 2 heterocycles. The molecule has 0 spiro atoms. The van der Waals surface area contributed by atoms with Crippen LogP contribution in [0.2, 0.25) is 0 Å². The first-order chi connectivity index (χ1) is 12.0. The van der Waals surface area contributed by atoms with Crippen molar-refractivity contribution < 1.29 is 9.53 Å². The van der Waals surface area contributed by atoms with Gasteiger partial charge in [0.1, 0.15) is 11.8 Å². The van der Waals surface area contributed by atoms with E-state index in [9.17, 15) is 4.79 Å². The Bertz CT molecular complexity index is 778. The van der Waals surface area contributed by atoms with Gasteiger partial charge in [-0.3, -0.25) is 4.79 Å². The highest BCUT2D eigenvalue weighted by Crippen LogP contribution is 2.28. The van der Waals surface area contributed by atoms with Crippen LogP contribution >= 0.6 is 0 Å². The van der Waals surface area contributed by atoms with Gasteiger partial charge in [-0.25, -0.2) is 9.97 Å². The van der Waals surface area contributed by atoms with Crippen molar-refractivity contribution in [2.24, 2.45) is 0 Å². The average Bonchev–Trinajstić information content (AvgIpc) is 2.61. The van der Waals surface area contributed by atoms with Crippen molar-refractivity contribution in [1.29, 1.82) is 0 Å². The smallest absolute Gasteiger partial charge is 0.273 e. The Balaban J connectivity index is 1.86. The molecule has 1 aliphatic rings. The van der Waals surface area contributed by atoms with E-state index in [0.717, 1.165) is 11.3 Å². The number of anilines is 1. The molecule has 0 aliphatic carbocycles. The van der Waals surface area contributed by atoms with Crippen LogP contribution in [0.4, 0.5) is 5.95 Å². The van der Waals surface area contributed by atoms with Crippen molar-refractivity contribution in [3.63, 3.8) is 0 Å². The summed E-state index contributed by atoms with van der Waals surface area (Å²) < 4.78 is 6.00. The van der Waals surface area contributed by atoms with Crippen molar-refractivity contribution >= 4 is 11.9 Å². The van der Waals surface area contributed by atoms with Crippen LogP contribution < -0.4 is 5.32 Å². The van der Waals surface area contributed by atoms with Crippen LogP contribution in [0.5, 0.6) is 0 Å². The molecule has 0 unspecified atom stereocenters. The fraction of sp³-hybridized carbons (Fsp3) is 0.421. The Morgan fingerprint density at radius 3 is 2.76 bits per heavy atom. The third-order valence-electron chi connectivity index (χ3n) is 4.53.